The molecule has 166 valence electrons. The highest BCUT2D eigenvalue weighted by molar-refractivity contribution is 6.07. The molecule has 1 atom stereocenters. The Morgan fingerprint density at radius 2 is 1.78 bits per heavy atom. The molecule has 0 bridgehead atoms. The molecule has 0 saturated carbocycles. The van der Waals surface area contributed by atoms with Gasteiger partial charge in [-0.3, -0.25) is 9.59 Å². The van der Waals surface area contributed by atoms with Crippen molar-refractivity contribution in [2.45, 2.75) is 39.2 Å². The van der Waals surface area contributed by atoms with E-state index in [0.717, 1.165) is 47.4 Å². The first-order valence-electron chi connectivity index (χ1n) is 11.3. The van der Waals surface area contributed by atoms with Crippen LogP contribution in [-0.4, -0.2) is 47.4 Å². The van der Waals surface area contributed by atoms with Gasteiger partial charge in [0.1, 0.15) is 0 Å². The fraction of sp³-hybridized carbons (Fsp3) is 0.346. The van der Waals surface area contributed by atoms with E-state index in [2.05, 4.69) is 22.5 Å². The number of hydrogen-bond acceptors (Lipinski definition) is 4. The lowest BCUT2D eigenvalue weighted by molar-refractivity contribution is -0.114. The van der Waals surface area contributed by atoms with Gasteiger partial charge < -0.3 is 15.5 Å². The van der Waals surface area contributed by atoms with Crippen molar-refractivity contribution in [2.24, 2.45) is 0 Å². The molecule has 2 heterocycles. The average Bonchev–Trinajstić information content (AvgIpc) is 3.33. The maximum atomic E-state index is 13.1. The highest BCUT2D eigenvalue weighted by Crippen LogP contribution is 2.26. The Kier molecular flexibility index (Phi) is 6.81. The van der Waals surface area contributed by atoms with E-state index in [1.807, 2.05) is 54.6 Å². The van der Waals surface area contributed by atoms with E-state index >= 15 is 0 Å². The number of aromatic nitrogens is 1. The molecular weight excluding hydrogens is 400 g/mol. The molecule has 2 N–H and O–H groups in total. The van der Waals surface area contributed by atoms with Crippen molar-refractivity contribution in [3.8, 4) is 11.3 Å². The van der Waals surface area contributed by atoms with Crippen molar-refractivity contribution < 1.29 is 9.59 Å². The van der Waals surface area contributed by atoms with E-state index in [1.165, 1.54) is 19.8 Å². The Hall–Kier alpha value is -3.25. The number of fused-ring (bicyclic) bond motifs is 1. The van der Waals surface area contributed by atoms with Gasteiger partial charge in [-0.05, 0) is 63.5 Å². The summed E-state index contributed by atoms with van der Waals surface area (Å²) in [6, 6.07) is 17.5. The molecule has 3 aromatic rings. The molecule has 2 amide bonds. The minimum absolute atomic E-state index is 0.0756. The van der Waals surface area contributed by atoms with Crippen molar-refractivity contribution in [3.63, 3.8) is 0 Å². The normalized spacial score (nSPS) is 14.9. The third-order valence-corrected chi connectivity index (χ3v) is 6.07. The number of nitrogens with one attached hydrogen (secondary N) is 2. The lowest BCUT2D eigenvalue weighted by atomic mass is 10.0. The number of anilines is 1. The zero-order valence-electron chi connectivity index (χ0n) is 18.7. The van der Waals surface area contributed by atoms with Crippen LogP contribution in [0.25, 0.3) is 22.2 Å². The van der Waals surface area contributed by atoms with Crippen LogP contribution in [0.3, 0.4) is 0 Å². The van der Waals surface area contributed by atoms with Gasteiger partial charge in [0.25, 0.3) is 5.91 Å². The summed E-state index contributed by atoms with van der Waals surface area (Å²) in [7, 11) is 0. The molecule has 1 aliphatic rings. The van der Waals surface area contributed by atoms with E-state index in [1.54, 1.807) is 0 Å². The van der Waals surface area contributed by atoms with Gasteiger partial charge in [-0.2, -0.15) is 0 Å². The van der Waals surface area contributed by atoms with Crippen LogP contribution in [0, 0.1) is 0 Å². The number of para-hydroxylation sites is 1. The number of hydrogen-bond donors (Lipinski definition) is 2. The average molecular weight is 431 g/mol. The minimum atomic E-state index is -0.111. The molecule has 2 aromatic carbocycles. The van der Waals surface area contributed by atoms with Gasteiger partial charge in [-0.25, -0.2) is 4.98 Å². The number of pyridine rings is 1. The highest BCUT2D eigenvalue weighted by atomic mass is 16.2. The second-order valence-electron chi connectivity index (χ2n) is 8.47. The number of benzene rings is 2. The highest BCUT2D eigenvalue weighted by Gasteiger charge is 2.18. The third kappa shape index (κ3) is 5.14. The van der Waals surface area contributed by atoms with Crippen molar-refractivity contribution >= 4 is 28.4 Å². The van der Waals surface area contributed by atoms with Crippen LogP contribution in [0.2, 0.25) is 0 Å². The van der Waals surface area contributed by atoms with Crippen LogP contribution < -0.4 is 10.6 Å². The summed E-state index contributed by atoms with van der Waals surface area (Å²) in [5, 5.41) is 6.73. The second-order valence-corrected chi connectivity index (χ2v) is 8.47. The molecular formula is C26H30N4O2. The van der Waals surface area contributed by atoms with Crippen molar-refractivity contribution in [3.05, 3.63) is 60.2 Å². The molecule has 1 aromatic heterocycles. The third-order valence-electron chi connectivity index (χ3n) is 6.07. The molecule has 1 fully saturated rings. The number of likely N-dealkylation sites (tertiary alicyclic amines) is 1. The summed E-state index contributed by atoms with van der Waals surface area (Å²) in [6.45, 7) is 6.69. The Labute approximate surface area is 189 Å². The quantitative estimate of drug-likeness (QED) is 0.580. The number of amides is 2. The lowest BCUT2D eigenvalue weighted by Crippen LogP contribution is -2.34. The van der Waals surface area contributed by atoms with Gasteiger partial charge in [0.05, 0.1) is 16.8 Å². The van der Waals surface area contributed by atoms with Gasteiger partial charge in [0.2, 0.25) is 5.91 Å². The van der Waals surface area contributed by atoms with Crippen LogP contribution in [0.1, 0.15) is 43.5 Å². The van der Waals surface area contributed by atoms with E-state index in [0.29, 0.717) is 18.2 Å². The molecule has 0 unspecified atom stereocenters. The minimum Gasteiger partial charge on any atom is -0.352 e. The number of carbonyl (C=O) groups is 2. The zero-order valence-corrected chi connectivity index (χ0v) is 18.7. The van der Waals surface area contributed by atoms with Crippen molar-refractivity contribution in [2.75, 3.05) is 25.0 Å². The van der Waals surface area contributed by atoms with Crippen LogP contribution in [0.15, 0.2) is 54.6 Å². The van der Waals surface area contributed by atoms with Crippen LogP contribution >= 0.6 is 0 Å². The Morgan fingerprint density at radius 3 is 2.50 bits per heavy atom. The van der Waals surface area contributed by atoms with E-state index in [9.17, 15) is 9.59 Å². The molecule has 6 heteroatoms. The first kappa shape index (κ1) is 22.0. The smallest absolute Gasteiger partial charge is 0.252 e. The molecule has 1 saturated heterocycles. The summed E-state index contributed by atoms with van der Waals surface area (Å²) in [4.78, 5) is 31.6. The summed E-state index contributed by atoms with van der Waals surface area (Å²) in [6.07, 6.45) is 3.48. The fourth-order valence-corrected chi connectivity index (χ4v) is 4.29. The monoisotopic (exact) mass is 430 g/mol. The Morgan fingerprint density at radius 1 is 1.06 bits per heavy atom. The Bertz CT molecular complexity index is 1100. The SMILES string of the molecule is CC(=O)Nc1ccc(-c2cc(C(=O)NCC[C@H](C)N3CCCC3)c3ccccc3n2)cc1. The number of carbonyl (C=O) groups excluding carboxylic acids is 2. The van der Waals surface area contributed by atoms with Crippen molar-refractivity contribution in [1.82, 2.24) is 15.2 Å². The number of nitrogens with zero attached hydrogens (tertiary/aromatic N) is 2. The van der Waals surface area contributed by atoms with Gasteiger partial charge in [0.15, 0.2) is 0 Å². The van der Waals surface area contributed by atoms with Gasteiger partial charge >= 0.3 is 0 Å². The topological polar surface area (TPSA) is 74.3 Å². The molecule has 6 nitrogen and oxygen atoms in total. The molecule has 0 radical (unpaired) electrons. The predicted molar refractivity (Wildman–Crippen MR) is 129 cm³/mol. The zero-order chi connectivity index (χ0) is 22.5. The summed E-state index contributed by atoms with van der Waals surface area (Å²) < 4.78 is 0. The first-order chi connectivity index (χ1) is 15.5. The maximum absolute atomic E-state index is 13.1. The molecule has 4 rings (SSSR count). The fourth-order valence-electron chi connectivity index (χ4n) is 4.29. The van der Waals surface area contributed by atoms with E-state index < -0.39 is 0 Å². The maximum Gasteiger partial charge on any atom is 0.252 e. The summed E-state index contributed by atoms with van der Waals surface area (Å²) >= 11 is 0. The molecule has 32 heavy (non-hydrogen) atoms. The summed E-state index contributed by atoms with van der Waals surface area (Å²) in [5.41, 5.74) is 3.76. The standard InChI is InChI=1S/C26H30N4O2/c1-18(30-15-5-6-16-30)13-14-27-26(32)23-17-25(29-24-8-4-3-7-22(23)24)20-9-11-21(12-10-20)28-19(2)31/h3-4,7-12,17-18H,5-6,13-16H2,1-2H3,(H,27,32)(H,28,31)/t18-/m0/s1. The molecule has 0 spiro atoms. The lowest BCUT2D eigenvalue weighted by Gasteiger charge is -2.23. The van der Waals surface area contributed by atoms with Crippen molar-refractivity contribution in [1.29, 1.82) is 0 Å². The predicted octanol–water partition coefficient (Wildman–Crippen LogP) is 4.46. The largest absolute Gasteiger partial charge is 0.352 e. The van der Waals surface area contributed by atoms with Crippen LogP contribution in [-0.2, 0) is 4.79 Å². The Balaban J connectivity index is 1.53. The van der Waals surface area contributed by atoms with Crippen LogP contribution in [0.4, 0.5) is 5.69 Å². The van der Waals surface area contributed by atoms with Crippen LogP contribution in [0.5, 0.6) is 0 Å². The van der Waals surface area contributed by atoms with E-state index in [-0.39, 0.29) is 11.8 Å². The van der Waals surface area contributed by atoms with Gasteiger partial charge in [0, 0.05) is 36.1 Å². The van der Waals surface area contributed by atoms with Gasteiger partial charge in [-0.15, -0.1) is 0 Å². The molecule has 0 aliphatic carbocycles. The van der Waals surface area contributed by atoms with E-state index in [4.69, 9.17) is 4.98 Å². The molecule has 1 aliphatic heterocycles. The summed E-state index contributed by atoms with van der Waals surface area (Å²) in [5.74, 6) is -0.187. The second kappa shape index (κ2) is 9.92. The first-order valence-corrected chi connectivity index (χ1v) is 11.3. The number of rotatable bonds is 7. The van der Waals surface area contributed by atoms with Gasteiger partial charge in [-0.1, -0.05) is 30.3 Å².